The van der Waals surface area contributed by atoms with Crippen LogP contribution in [0.1, 0.15) is 28.5 Å². The number of hydrogen-bond donors (Lipinski definition) is 3. The highest BCUT2D eigenvalue weighted by Gasteiger charge is 2.20. The van der Waals surface area contributed by atoms with Crippen molar-refractivity contribution in [3.05, 3.63) is 69.5 Å². The highest BCUT2D eigenvalue weighted by atomic mass is 16.6. The summed E-state index contributed by atoms with van der Waals surface area (Å²) in [4.78, 5) is 34.9. The van der Waals surface area contributed by atoms with Crippen LogP contribution in [0.2, 0.25) is 0 Å². The minimum absolute atomic E-state index is 0.0775. The first-order chi connectivity index (χ1) is 14.9. The third-order valence-electron chi connectivity index (χ3n) is 4.53. The second-order valence-corrected chi connectivity index (χ2v) is 6.75. The van der Waals surface area contributed by atoms with Crippen LogP contribution in [-0.2, 0) is 6.42 Å². The Hall–Kier alpha value is -4.08. The number of benzene rings is 1. The fraction of sp³-hybridized carbons (Fsp3) is 0.238. The standard InChI is InChI=1S/C21H22N6O4/c1-3-16-18(20(28)29)19(14-6-4-13(2)5-7-14)26-21(25-16)23-11-10-22-17-9-8-15(12-24-17)27(30)31/h4-9,12H,3,10-11H2,1-2H3,(H,22,24)(H,28,29)(H,23,25,26). The molecule has 0 saturated carbocycles. The fourth-order valence-electron chi connectivity index (χ4n) is 2.95. The van der Waals surface area contributed by atoms with Gasteiger partial charge in [0.1, 0.15) is 17.6 Å². The van der Waals surface area contributed by atoms with Crippen molar-refractivity contribution < 1.29 is 14.8 Å². The molecule has 0 fully saturated rings. The number of carboxylic acids is 1. The molecule has 2 heterocycles. The molecule has 2 aromatic heterocycles. The molecule has 10 nitrogen and oxygen atoms in total. The number of carbonyl (C=O) groups is 1. The van der Waals surface area contributed by atoms with E-state index < -0.39 is 10.9 Å². The Kier molecular flexibility index (Phi) is 6.71. The summed E-state index contributed by atoms with van der Waals surface area (Å²) in [5.74, 6) is -0.232. The molecule has 10 heteroatoms. The minimum Gasteiger partial charge on any atom is -0.478 e. The van der Waals surface area contributed by atoms with E-state index in [0.717, 1.165) is 5.56 Å². The smallest absolute Gasteiger partial charge is 0.339 e. The lowest BCUT2D eigenvalue weighted by atomic mass is 10.0. The zero-order valence-corrected chi connectivity index (χ0v) is 17.1. The fourth-order valence-corrected chi connectivity index (χ4v) is 2.95. The number of aromatic carboxylic acids is 1. The van der Waals surface area contributed by atoms with E-state index >= 15 is 0 Å². The first kappa shape index (κ1) is 21.6. The van der Waals surface area contributed by atoms with Gasteiger partial charge in [0.25, 0.3) is 5.69 Å². The van der Waals surface area contributed by atoms with Gasteiger partial charge >= 0.3 is 5.97 Å². The van der Waals surface area contributed by atoms with Crippen molar-refractivity contribution >= 4 is 23.4 Å². The van der Waals surface area contributed by atoms with Gasteiger partial charge in [-0.15, -0.1) is 0 Å². The summed E-state index contributed by atoms with van der Waals surface area (Å²) in [5, 5.41) is 26.5. The zero-order chi connectivity index (χ0) is 22.4. The zero-order valence-electron chi connectivity index (χ0n) is 17.1. The van der Waals surface area contributed by atoms with Crippen LogP contribution in [0.25, 0.3) is 11.3 Å². The summed E-state index contributed by atoms with van der Waals surface area (Å²) in [6, 6.07) is 10.4. The van der Waals surface area contributed by atoms with Crippen molar-refractivity contribution in [2.75, 3.05) is 23.7 Å². The predicted octanol–water partition coefficient (Wildman–Crippen LogP) is 3.54. The van der Waals surface area contributed by atoms with Gasteiger partial charge in [-0.05, 0) is 19.4 Å². The molecule has 3 aromatic rings. The van der Waals surface area contributed by atoms with Crippen molar-refractivity contribution in [2.24, 2.45) is 0 Å². The topological polar surface area (TPSA) is 143 Å². The number of anilines is 2. The van der Waals surface area contributed by atoms with Gasteiger partial charge in [-0.2, -0.15) is 0 Å². The number of nitrogens with one attached hydrogen (secondary N) is 2. The number of aromatic nitrogens is 3. The summed E-state index contributed by atoms with van der Waals surface area (Å²) in [6.45, 7) is 4.69. The Balaban J connectivity index is 1.75. The van der Waals surface area contributed by atoms with Gasteiger partial charge < -0.3 is 15.7 Å². The molecule has 0 saturated heterocycles. The highest BCUT2D eigenvalue weighted by Crippen LogP contribution is 2.26. The maximum absolute atomic E-state index is 11.9. The summed E-state index contributed by atoms with van der Waals surface area (Å²) in [7, 11) is 0. The third-order valence-corrected chi connectivity index (χ3v) is 4.53. The van der Waals surface area contributed by atoms with E-state index in [4.69, 9.17) is 0 Å². The molecule has 1 aromatic carbocycles. The minimum atomic E-state index is -1.06. The normalized spacial score (nSPS) is 10.5. The first-order valence-corrected chi connectivity index (χ1v) is 9.68. The predicted molar refractivity (Wildman–Crippen MR) is 116 cm³/mol. The van der Waals surface area contributed by atoms with E-state index in [1.165, 1.54) is 18.3 Å². The Morgan fingerprint density at radius 1 is 1.10 bits per heavy atom. The van der Waals surface area contributed by atoms with E-state index in [1.54, 1.807) is 0 Å². The first-order valence-electron chi connectivity index (χ1n) is 9.68. The molecule has 31 heavy (non-hydrogen) atoms. The SMILES string of the molecule is CCc1nc(NCCNc2ccc([N+](=O)[O-])cn2)nc(-c2ccc(C)cc2)c1C(=O)O. The van der Waals surface area contributed by atoms with Crippen LogP contribution in [0, 0.1) is 17.0 Å². The molecule has 0 amide bonds. The lowest BCUT2D eigenvalue weighted by Crippen LogP contribution is -2.18. The van der Waals surface area contributed by atoms with Crippen LogP contribution in [-0.4, -0.2) is 44.0 Å². The second kappa shape index (κ2) is 9.61. The molecular formula is C21H22N6O4. The Bertz CT molecular complexity index is 1080. The lowest BCUT2D eigenvalue weighted by Gasteiger charge is -2.13. The van der Waals surface area contributed by atoms with Crippen LogP contribution in [0.4, 0.5) is 17.5 Å². The van der Waals surface area contributed by atoms with Crippen molar-refractivity contribution in [3.63, 3.8) is 0 Å². The van der Waals surface area contributed by atoms with Crippen molar-refractivity contribution in [1.82, 2.24) is 15.0 Å². The van der Waals surface area contributed by atoms with Gasteiger partial charge in [0, 0.05) is 24.7 Å². The lowest BCUT2D eigenvalue weighted by molar-refractivity contribution is -0.385. The Morgan fingerprint density at radius 3 is 2.39 bits per heavy atom. The van der Waals surface area contributed by atoms with Crippen LogP contribution in [0.3, 0.4) is 0 Å². The second-order valence-electron chi connectivity index (χ2n) is 6.75. The summed E-state index contributed by atoms with van der Waals surface area (Å²) < 4.78 is 0. The van der Waals surface area contributed by atoms with Crippen LogP contribution >= 0.6 is 0 Å². The van der Waals surface area contributed by atoms with Crippen LogP contribution < -0.4 is 10.6 Å². The molecular weight excluding hydrogens is 400 g/mol. The Labute approximate surface area is 178 Å². The van der Waals surface area contributed by atoms with E-state index in [9.17, 15) is 20.0 Å². The number of nitrogens with zero attached hydrogens (tertiary/aromatic N) is 4. The number of carboxylic acid groups (broad SMARTS) is 1. The summed E-state index contributed by atoms with van der Waals surface area (Å²) in [5.41, 5.74) is 2.61. The van der Waals surface area contributed by atoms with E-state index in [-0.39, 0.29) is 11.3 Å². The van der Waals surface area contributed by atoms with Gasteiger partial charge in [-0.25, -0.2) is 19.7 Å². The van der Waals surface area contributed by atoms with E-state index in [1.807, 2.05) is 38.1 Å². The number of nitro groups is 1. The number of rotatable bonds is 9. The molecule has 0 aliphatic carbocycles. The van der Waals surface area contributed by atoms with Crippen molar-refractivity contribution in [3.8, 4) is 11.3 Å². The van der Waals surface area contributed by atoms with Crippen molar-refractivity contribution in [1.29, 1.82) is 0 Å². The molecule has 3 N–H and O–H groups in total. The average Bonchev–Trinajstić information content (AvgIpc) is 2.76. The van der Waals surface area contributed by atoms with E-state index in [0.29, 0.717) is 48.2 Å². The molecule has 160 valence electrons. The number of aryl methyl sites for hydroxylation is 2. The molecule has 0 aliphatic heterocycles. The van der Waals surface area contributed by atoms with Gasteiger partial charge in [0.2, 0.25) is 5.95 Å². The quantitative estimate of drug-likeness (QED) is 0.268. The maximum atomic E-state index is 11.9. The Morgan fingerprint density at radius 2 is 1.81 bits per heavy atom. The highest BCUT2D eigenvalue weighted by molar-refractivity contribution is 5.96. The third kappa shape index (κ3) is 5.30. The summed E-state index contributed by atoms with van der Waals surface area (Å²) in [6.07, 6.45) is 1.63. The summed E-state index contributed by atoms with van der Waals surface area (Å²) >= 11 is 0. The van der Waals surface area contributed by atoms with E-state index in [2.05, 4.69) is 25.6 Å². The van der Waals surface area contributed by atoms with Gasteiger partial charge in [0.15, 0.2) is 0 Å². The van der Waals surface area contributed by atoms with Crippen LogP contribution in [0.15, 0.2) is 42.6 Å². The van der Waals surface area contributed by atoms with Crippen LogP contribution in [0.5, 0.6) is 0 Å². The number of pyridine rings is 1. The largest absolute Gasteiger partial charge is 0.478 e. The van der Waals surface area contributed by atoms with Gasteiger partial charge in [-0.3, -0.25) is 10.1 Å². The molecule has 3 rings (SSSR count). The van der Waals surface area contributed by atoms with Gasteiger partial charge in [0.05, 0.1) is 16.3 Å². The average molecular weight is 422 g/mol. The van der Waals surface area contributed by atoms with Gasteiger partial charge in [-0.1, -0.05) is 36.8 Å². The maximum Gasteiger partial charge on any atom is 0.339 e. The number of hydrogen-bond acceptors (Lipinski definition) is 8. The molecule has 0 aliphatic rings. The molecule has 0 spiro atoms. The molecule has 0 bridgehead atoms. The monoisotopic (exact) mass is 422 g/mol. The molecule has 0 radical (unpaired) electrons. The van der Waals surface area contributed by atoms with Crippen molar-refractivity contribution in [2.45, 2.75) is 20.3 Å². The molecule has 0 atom stereocenters. The molecule has 0 unspecified atom stereocenters.